The molecule has 234 valence electrons. The van der Waals surface area contributed by atoms with Crippen LogP contribution in [0, 0.1) is 24.7 Å². The number of hydrogen-bond acceptors (Lipinski definition) is 5. The van der Waals surface area contributed by atoms with Gasteiger partial charge in [0.25, 0.3) is 11.6 Å². The zero-order valence-corrected chi connectivity index (χ0v) is 27.4. The molecule has 3 aliphatic rings. The van der Waals surface area contributed by atoms with Crippen LogP contribution in [0.1, 0.15) is 99.8 Å². The highest BCUT2D eigenvalue weighted by molar-refractivity contribution is 6.06. The molecule has 2 aliphatic heterocycles. The highest BCUT2D eigenvalue weighted by Gasteiger charge is 2.51. The van der Waals surface area contributed by atoms with E-state index in [9.17, 15) is 19.5 Å². The monoisotopic (exact) mass is 601 g/mol. The fourth-order valence-corrected chi connectivity index (χ4v) is 7.44. The number of rotatable bonds is 7. The number of aromatic carboxylic acids is 1. The number of nitrogens with one attached hydrogen (secondary N) is 1. The summed E-state index contributed by atoms with van der Waals surface area (Å²) in [6.07, 6.45) is 3.32. The van der Waals surface area contributed by atoms with Crippen LogP contribution in [0.5, 0.6) is 5.75 Å². The summed E-state index contributed by atoms with van der Waals surface area (Å²) >= 11 is 0. The van der Waals surface area contributed by atoms with Crippen LogP contribution in [0.4, 0.5) is 0 Å². The molecule has 0 spiro atoms. The van der Waals surface area contributed by atoms with Crippen LogP contribution >= 0.6 is 0 Å². The van der Waals surface area contributed by atoms with E-state index in [0.29, 0.717) is 58.9 Å². The molecule has 1 aromatic heterocycles. The first kappa shape index (κ1) is 31.5. The van der Waals surface area contributed by atoms with Crippen LogP contribution < -0.4 is 9.72 Å². The number of aromatic amines is 1. The number of likely N-dealkylation sites (N-methyl/N-ethyl adjacent to an activating group) is 1. The molecule has 2 aromatic rings. The molecule has 0 bridgehead atoms. The Morgan fingerprint density at radius 3 is 2.39 bits per heavy atom. The normalized spacial score (nSPS) is 21.6. The number of Topliss-reactive ketones (excluding diaryl/α,β-unsaturated/α-hetero) is 1. The first-order valence-corrected chi connectivity index (χ1v) is 15.6. The van der Waals surface area contributed by atoms with Gasteiger partial charge >= 0.3 is 5.97 Å². The number of ether oxygens (including phenoxy) is 2. The van der Waals surface area contributed by atoms with Crippen molar-refractivity contribution in [3.8, 4) is 17.0 Å². The summed E-state index contributed by atoms with van der Waals surface area (Å²) in [4.78, 5) is 45.4. The van der Waals surface area contributed by atoms with Crippen molar-refractivity contribution < 1.29 is 33.9 Å². The maximum absolute atomic E-state index is 14.5. The smallest absolute Gasteiger partial charge is 0.401 e. The van der Waals surface area contributed by atoms with Crippen molar-refractivity contribution in [1.29, 1.82) is 0 Å². The minimum absolute atomic E-state index is 0.0285. The van der Waals surface area contributed by atoms with Gasteiger partial charge in [-0.3, -0.25) is 9.59 Å². The topological polar surface area (TPSA) is 107 Å². The van der Waals surface area contributed by atoms with Gasteiger partial charge in [-0.05, 0) is 61.3 Å². The second-order valence-corrected chi connectivity index (χ2v) is 13.7. The Balaban J connectivity index is 1.79. The van der Waals surface area contributed by atoms with Gasteiger partial charge in [0.1, 0.15) is 17.3 Å². The van der Waals surface area contributed by atoms with Gasteiger partial charge in [0, 0.05) is 60.7 Å². The summed E-state index contributed by atoms with van der Waals surface area (Å²) in [7, 11) is 3.45. The predicted octanol–water partition coefficient (Wildman–Crippen LogP) is 6.56. The number of pyridine rings is 1. The van der Waals surface area contributed by atoms with Crippen LogP contribution in [0.25, 0.3) is 11.3 Å². The summed E-state index contributed by atoms with van der Waals surface area (Å²) in [6.45, 7) is 14.4. The molecule has 1 aliphatic carbocycles. The zero-order valence-electron chi connectivity index (χ0n) is 27.4. The molecule has 0 saturated carbocycles. The maximum atomic E-state index is 14.5. The number of allylic oxidation sites excluding steroid dienone is 2. The number of carboxylic acids is 1. The number of ketones is 1. The van der Waals surface area contributed by atoms with Crippen LogP contribution in [0.3, 0.4) is 0 Å². The number of nitrogens with zero attached hydrogens (tertiary/aromatic N) is 1. The van der Waals surface area contributed by atoms with E-state index in [1.807, 2.05) is 37.1 Å². The quantitative estimate of drug-likeness (QED) is 0.385. The standard InChI is InChI=1S/C36H44N2O6/c1-10-36(7,11-2)27-16-25-30(33(40)38(27)8)31(29-23(39)17-35(5,6)18-26(29)44-25)28-20(4)21(13-15-24(28)43-9)22-14-12-19(3)32(37-22)34(41)42/h12-15,27,31H,10-11,16-18H2,1-9H3,(H,41,42)/p+1/t27-,31-/m0/s1. The summed E-state index contributed by atoms with van der Waals surface area (Å²) in [5.41, 5.74) is 4.27. The first-order valence-electron chi connectivity index (χ1n) is 15.6. The van der Waals surface area contributed by atoms with Crippen molar-refractivity contribution in [2.24, 2.45) is 10.8 Å². The third-order valence-electron chi connectivity index (χ3n) is 10.5. The fraction of sp³-hybridized carbons (Fsp3) is 0.500. The van der Waals surface area contributed by atoms with E-state index in [0.717, 1.165) is 29.5 Å². The van der Waals surface area contributed by atoms with E-state index in [2.05, 4.69) is 39.6 Å². The van der Waals surface area contributed by atoms with Gasteiger partial charge in [0.05, 0.1) is 18.6 Å². The van der Waals surface area contributed by atoms with Crippen molar-refractivity contribution in [1.82, 2.24) is 4.90 Å². The van der Waals surface area contributed by atoms with Crippen molar-refractivity contribution in [3.05, 3.63) is 69.3 Å². The lowest BCUT2D eigenvalue weighted by Crippen LogP contribution is -2.52. The Labute approximate surface area is 260 Å². The van der Waals surface area contributed by atoms with Crippen LogP contribution in [-0.4, -0.2) is 47.9 Å². The number of methoxy groups -OCH3 is 1. The summed E-state index contributed by atoms with van der Waals surface area (Å²) in [5.74, 6) is -0.0480. The Hall–Kier alpha value is -3.94. The van der Waals surface area contributed by atoms with Gasteiger partial charge < -0.3 is 19.5 Å². The Bertz CT molecular complexity index is 1630. The lowest BCUT2D eigenvalue weighted by atomic mass is 9.66. The van der Waals surface area contributed by atoms with Gasteiger partial charge in [-0.2, -0.15) is 4.98 Å². The van der Waals surface area contributed by atoms with E-state index in [4.69, 9.17) is 9.47 Å². The molecular weight excluding hydrogens is 556 g/mol. The summed E-state index contributed by atoms with van der Waals surface area (Å²) in [5, 5.41) is 9.79. The number of aromatic nitrogens is 1. The number of carbonyl (C=O) groups excluding carboxylic acids is 2. The molecule has 0 unspecified atom stereocenters. The van der Waals surface area contributed by atoms with Gasteiger partial charge in [0.2, 0.25) is 5.69 Å². The van der Waals surface area contributed by atoms with Gasteiger partial charge in [-0.15, -0.1) is 0 Å². The molecule has 8 heteroatoms. The molecule has 0 saturated heterocycles. The highest BCUT2D eigenvalue weighted by atomic mass is 16.5. The van der Waals surface area contributed by atoms with E-state index in [1.165, 1.54) is 0 Å². The molecule has 2 N–H and O–H groups in total. The van der Waals surface area contributed by atoms with E-state index < -0.39 is 11.9 Å². The highest BCUT2D eigenvalue weighted by Crippen LogP contribution is 2.55. The number of aryl methyl sites for hydroxylation is 1. The molecule has 1 aromatic carbocycles. The number of H-pyrrole nitrogens is 1. The van der Waals surface area contributed by atoms with E-state index in [-0.39, 0.29) is 34.3 Å². The molecule has 1 amide bonds. The second-order valence-electron chi connectivity index (χ2n) is 13.7. The number of carbonyl (C=O) groups is 3. The molecule has 8 nitrogen and oxygen atoms in total. The first-order chi connectivity index (χ1) is 20.7. The molecule has 0 fully saturated rings. The maximum Gasteiger partial charge on any atom is 0.401 e. The minimum atomic E-state index is -1.04. The third-order valence-corrected chi connectivity index (χ3v) is 10.5. The Morgan fingerprint density at radius 1 is 1.09 bits per heavy atom. The molecule has 2 atom stereocenters. The Morgan fingerprint density at radius 2 is 1.77 bits per heavy atom. The minimum Gasteiger partial charge on any atom is -0.496 e. The van der Waals surface area contributed by atoms with Crippen molar-refractivity contribution in [3.63, 3.8) is 0 Å². The average molecular weight is 602 g/mol. The van der Waals surface area contributed by atoms with Gasteiger partial charge in [-0.1, -0.05) is 34.6 Å². The molecule has 3 heterocycles. The zero-order chi connectivity index (χ0) is 32.3. The van der Waals surface area contributed by atoms with Crippen LogP contribution in [-0.2, 0) is 14.3 Å². The summed E-state index contributed by atoms with van der Waals surface area (Å²) < 4.78 is 12.6. The second kappa shape index (κ2) is 11.2. The number of amides is 1. The molecule has 44 heavy (non-hydrogen) atoms. The predicted molar refractivity (Wildman–Crippen MR) is 167 cm³/mol. The fourth-order valence-electron chi connectivity index (χ4n) is 7.44. The van der Waals surface area contributed by atoms with Gasteiger partial charge in [-0.25, -0.2) is 4.79 Å². The molecule has 0 radical (unpaired) electrons. The number of carboxylic acid groups (broad SMARTS) is 1. The van der Waals surface area contributed by atoms with Crippen molar-refractivity contribution in [2.45, 2.75) is 92.5 Å². The Kier molecular flexibility index (Phi) is 8.02. The van der Waals surface area contributed by atoms with E-state index in [1.54, 1.807) is 20.1 Å². The van der Waals surface area contributed by atoms with Crippen molar-refractivity contribution in [2.75, 3.05) is 14.2 Å². The lowest BCUT2D eigenvalue weighted by Gasteiger charge is -2.48. The largest absolute Gasteiger partial charge is 0.496 e. The van der Waals surface area contributed by atoms with Gasteiger partial charge in [0.15, 0.2) is 5.78 Å². The summed E-state index contributed by atoms with van der Waals surface area (Å²) in [6, 6.07) is 7.31. The number of benzene rings is 1. The third kappa shape index (κ3) is 5.02. The van der Waals surface area contributed by atoms with Crippen LogP contribution in [0.2, 0.25) is 0 Å². The molecule has 5 rings (SSSR count). The lowest BCUT2D eigenvalue weighted by molar-refractivity contribution is -0.370. The SMILES string of the molecule is CCC(C)(CC)[C@@H]1CC2=C(C(=O)N1C)[C@@H](c1c(OC)ccc(-c3ccc(C)c(C(=O)O)[nH+]3)c1C)C1=C(CC(C)(C)CC1=O)O2. The van der Waals surface area contributed by atoms with E-state index >= 15 is 0 Å². The van der Waals surface area contributed by atoms with Crippen molar-refractivity contribution >= 4 is 17.7 Å². The number of hydrogen-bond donors (Lipinski definition) is 1. The average Bonchev–Trinajstić information content (AvgIpc) is 2.97. The van der Waals surface area contributed by atoms with Crippen LogP contribution in [0.15, 0.2) is 46.9 Å². The molecular formula is C36H45N2O6+.